The van der Waals surface area contributed by atoms with Gasteiger partial charge in [0.25, 0.3) is 0 Å². The number of rotatable bonds is 14. The molecule has 0 saturated heterocycles. The number of nitrogens with zero attached hydrogens (tertiary/aromatic N) is 3. The first-order valence-corrected chi connectivity index (χ1v) is 12.5. The van der Waals surface area contributed by atoms with E-state index >= 15 is 0 Å². The molecule has 0 radical (unpaired) electrons. The Morgan fingerprint density at radius 3 is 2.13 bits per heavy atom. The van der Waals surface area contributed by atoms with Gasteiger partial charge in [0.2, 0.25) is 17.7 Å². The van der Waals surface area contributed by atoms with Crippen LogP contribution in [0.2, 0.25) is 0 Å². The second-order valence-electron chi connectivity index (χ2n) is 9.66. The maximum atomic E-state index is 13.7. The fourth-order valence-electron chi connectivity index (χ4n) is 4.28. The Hall–Kier alpha value is -3.97. The Bertz CT molecular complexity index is 1100. The van der Waals surface area contributed by atoms with Crippen LogP contribution in [0.5, 0.6) is 5.75 Å². The number of aliphatic hydroxyl groups excluding tert-OH is 1. The van der Waals surface area contributed by atoms with Crippen LogP contribution in [0.25, 0.3) is 0 Å². The van der Waals surface area contributed by atoms with Crippen molar-refractivity contribution in [3.8, 4) is 5.75 Å². The van der Waals surface area contributed by atoms with Crippen molar-refractivity contribution < 1.29 is 34.5 Å². The lowest BCUT2D eigenvalue weighted by Crippen LogP contribution is -2.60. The minimum atomic E-state index is -1.31. The number of aliphatic carboxylic acids is 1. The van der Waals surface area contributed by atoms with Gasteiger partial charge in [-0.25, -0.2) is 9.78 Å². The van der Waals surface area contributed by atoms with Crippen molar-refractivity contribution in [3.05, 3.63) is 48.0 Å². The van der Waals surface area contributed by atoms with E-state index in [1.165, 1.54) is 49.4 Å². The molecule has 13 heteroatoms. The largest absolute Gasteiger partial charge is 0.508 e. The lowest BCUT2D eigenvalue weighted by atomic mass is 9.98. The molecule has 1 aromatic heterocycles. The molecule has 13 nitrogen and oxygen atoms in total. The number of carbonyl (C=O) groups is 4. The number of carbonyl (C=O) groups excluding carboxylic acids is 3. The van der Waals surface area contributed by atoms with Crippen molar-refractivity contribution in [2.75, 3.05) is 27.7 Å². The molecule has 0 aliphatic heterocycles. The Morgan fingerprint density at radius 1 is 1.00 bits per heavy atom. The van der Waals surface area contributed by atoms with Crippen LogP contribution >= 0.6 is 0 Å². The Balaban J connectivity index is 2.34. The number of carboxylic acids is 1. The Labute approximate surface area is 227 Å². The molecule has 0 aliphatic rings. The second-order valence-corrected chi connectivity index (χ2v) is 9.66. The molecule has 1 aromatic carbocycles. The lowest BCUT2D eigenvalue weighted by molar-refractivity contribution is -0.151. The number of nitrogens with one attached hydrogen (secondary N) is 3. The van der Waals surface area contributed by atoms with Gasteiger partial charge in [-0.15, -0.1) is 0 Å². The average molecular weight is 547 g/mol. The molecular weight excluding hydrogens is 508 g/mol. The van der Waals surface area contributed by atoms with Crippen LogP contribution in [0.4, 0.5) is 0 Å². The molecule has 0 spiro atoms. The van der Waals surface area contributed by atoms with Crippen LogP contribution in [0.15, 0.2) is 36.8 Å². The maximum Gasteiger partial charge on any atom is 0.326 e. The number of hydrogen-bond acceptors (Lipinski definition) is 8. The summed E-state index contributed by atoms with van der Waals surface area (Å²) in [6, 6.07) is 1.62. The van der Waals surface area contributed by atoms with Gasteiger partial charge in [0, 0.05) is 33.1 Å². The lowest BCUT2D eigenvalue weighted by Gasteiger charge is -2.37. The van der Waals surface area contributed by atoms with Gasteiger partial charge < -0.3 is 40.7 Å². The van der Waals surface area contributed by atoms with Gasteiger partial charge in [-0.05, 0) is 30.7 Å². The number of phenols is 1. The third-order valence-electron chi connectivity index (χ3n) is 6.54. The van der Waals surface area contributed by atoms with Crippen LogP contribution in [-0.4, -0.2) is 111 Å². The minimum absolute atomic E-state index is 0.0125. The first-order valence-electron chi connectivity index (χ1n) is 12.5. The highest BCUT2D eigenvalue weighted by molar-refractivity contribution is 5.94. The number of carboxylic acid groups (broad SMARTS) is 1. The molecule has 6 N–H and O–H groups in total. The fourth-order valence-corrected chi connectivity index (χ4v) is 4.28. The summed E-state index contributed by atoms with van der Waals surface area (Å²) in [5, 5.41) is 34.1. The molecule has 39 heavy (non-hydrogen) atoms. The third-order valence-corrected chi connectivity index (χ3v) is 6.54. The summed E-state index contributed by atoms with van der Waals surface area (Å²) >= 11 is 0. The zero-order chi connectivity index (χ0) is 29.3. The van der Waals surface area contributed by atoms with Crippen LogP contribution in [0.1, 0.15) is 25.1 Å². The number of benzene rings is 1. The van der Waals surface area contributed by atoms with Crippen molar-refractivity contribution in [3.63, 3.8) is 0 Å². The smallest absolute Gasteiger partial charge is 0.326 e. The second kappa shape index (κ2) is 14.3. The molecule has 3 amide bonds. The molecule has 0 unspecified atom stereocenters. The molecule has 214 valence electrons. The van der Waals surface area contributed by atoms with Gasteiger partial charge >= 0.3 is 5.97 Å². The van der Waals surface area contributed by atoms with Gasteiger partial charge in [0.15, 0.2) is 0 Å². The summed E-state index contributed by atoms with van der Waals surface area (Å²) in [6.45, 7) is 3.05. The van der Waals surface area contributed by atoms with Gasteiger partial charge in [-0.3, -0.25) is 14.4 Å². The molecule has 4 atom stereocenters. The zero-order valence-corrected chi connectivity index (χ0v) is 22.8. The van der Waals surface area contributed by atoms with Crippen LogP contribution in [0, 0.1) is 5.92 Å². The van der Waals surface area contributed by atoms with Crippen molar-refractivity contribution in [1.29, 1.82) is 0 Å². The van der Waals surface area contributed by atoms with Crippen LogP contribution < -0.4 is 10.6 Å². The third kappa shape index (κ3) is 8.26. The first-order chi connectivity index (χ1) is 18.4. The highest BCUT2D eigenvalue weighted by Gasteiger charge is 2.39. The molecule has 2 rings (SSSR count). The number of aromatic nitrogens is 2. The van der Waals surface area contributed by atoms with E-state index in [1.807, 2.05) is 0 Å². The topological polar surface area (TPSA) is 188 Å². The zero-order valence-electron chi connectivity index (χ0n) is 22.8. The standard InChI is InChI=1S/C26H38N6O7/c1-15(2)22(32(5)24(36)20(13-33)27-3)25(37)31(4)21(11-17-12-28-14-29-17)23(35)30-19(26(38)39)10-16-6-8-18(34)9-7-16/h6-9,12,14-15,19-22,27,33-34H,10-11,13H2,1-5H3,(H,28,29)(H,30,35)(H,38,39)/t19-,20-,21-,22-/m0/s1. The number of aromatic hydroxyl groups is 1. The normalized spacial score (nSPS) is 14.2. The summed E-state index contributed by atoms with van der Waals surface area (Å²) in [5.74, 6) is -3.32. The fraction of sp³-hybridized carbons (Fsp3) is 0.500. The summed E-state index contributed by atoms with van der Waals surface area (Å²) in [4.78, 5) is 61.5. The number of aromatic amines is 1. The van der Waals surface area contributed by atoms with E-state index in [9.17, 15) is 34.5 Å². The number of phenolic OH excluding ortho intramolecular Hbond substituents is 1. The Morgan fingerprint density at radius 2 is 1.64 bits per heavy atom. The molecular formula is C26H38N6O7. The molecule has 0 aliphatic carbocycles. The molecule has 0 bridgehead atoms. The van der Waals surface area contributed by atoms with Crippen LogP contribution in [0.3, 0.4) is 0 Å². The average Bonchev–Trinajstić information content (AvgIpc) is 3.41. The highest BCUT2D eigenvalue weighted by atomic mass is 16.4. The SMILES string of the molecule is CN[C@@H](CO)C(=O)N(C)[C@H](C(=O)N(C)[C@@H](Cc1c[nH]cn1)C(=O)N[C@@H](Cc1ccc(O)cc1)C(=O)O)C(C)C. The predicted octanol–water partition coefficient (Wildman–Crippen LogP) is -0.640. The van der Waals surface area contributed by atoms with Crippen LogP contribution in [-0.2, 0) is 32.0 Å². The van der Waals surface area contributed by atoms with Gasteiger partial charge in [-0.2, -0.15) is 0 Å². The van der Waals surface area contributed by atoms with Crippen molar-refractivity contribution in [2.24, 2.45) is 5.92 Å². The van der Waals surface area contributed by atoms with Gasteiger partial charge in [0.05, 0.1) is 18.6 Å². The summed E-state index contributed by atoms with van der Waals surface area (Å²) < 4.78 is 0. The van der Waals surface area contributed by atoms with Crippen molar-refractivity contribution >= 4 is 23.7 Å². The number of H-pyrrole nitrogens is 1. The molecule has 2 aromatic rings. The quantitative estimate of drug-likeness (QED) is 0.179. The number of aliphatic hydroxyl groups is 1. The van der Waals surface area contributed by atoms with E-state index in [0.717, 1.165) is 0 Å². The first kappa shape index (κ1) is 31.2. The maximum absolute atomic E-state index is 13.7. The van der Waals surface area contributed by atoms with Crippen molar-refractivity contribution in [1.82, 2.24) is 30.4 Å². The number of hydrogen-bond donors (Lipinski definition) is 6. The number of likely N-dealkylation sites (N-methyl/N-ethyl adjacent to an activating group) is 3. The predicted molar refractivity (Wildman–Crippen MR) is 142 cm³/mol. The Kier molecular flexibility index (Phi) is 11.4. The highest BCUT2D eigenvalue weighted by Crippen LogP contribution is 2.18. The van der Waals surface area contributed by atoms with Gasteiger partial charge in [0.1, 0.15) is 29.9 Å². The monoisotopic (exact) mass is 546 g/mol. The van der Waals surface area contributed by atoms with E-state index in [2.05, 4.69) is 20.6 Å². The van der Waals surface area contributed by atoms with Gasteiger partial charge in [-0.1, -0.05) is 26.0 Å². The van der Waals surface area contributed by atoms with E-state index in [-0.39, 0.29) is 24.5 Å². The molecule has 0 fully saturated rings. The molecule has 1 heterocycles. The van der Waals surface area contributed by atoms with Crippen molar-refractivity contribution in [2.45, 2.75) is 50.9 Å². The number of imidazole rings is 1. The summed E-state index contributed by atoms with van der Waals surface area (Å²) in [7, 11) is 4.40. The van der Waals surface area contributed by atoms with E-state index in [1.54, 1.807) is 32.2 Å². The summed E-state index contributed by atoms with van der Waals surface area (Å²) in [5.41, 5.74) is 1.05. The van der Waals surface area contributed by atoms with E-state index in [0.29, 0.717) is 11.3 Å². The molecule has 0 saturated carbocycles. The van der Waals surface area contributed by atoms with E-state index < -0.39 is 54.5 Å². The van der Waals surface area contributed by atoms with E-state index in [4.69, 9.17) is 0 Å². The summed E-state index contributed by atoms with van der Waals surface area (Å²) in [6.07, 6.45) is 2.93. The minimum Gasteiger partial charge on any atom is -0.508 e. The number of amides is 3.